The number of fused-ring (bicyclic) bond motifs is 1. The van der Waals surface area contributed by atoms with Gasteiger partial charge in [0, 0.05) is 6.07 Å². The highest BCUT2D eigenvalue weighted by Crippen LogP contribution is 2.39. The fourth-order valence-electron chi connectivity index (χ4n) is 2.49. The van der Waals surface area contributed by atoms with Crippen LogP contribution in [-0.4, -0.2) is 41.3 Å². The molecule has 0 atom stereocenters. The van der Waals surface area contributed by atoms with E-state index < -0.39 is 41.5 Å². The molecule has 0 saturated carbocycles. The maximum absolute atomic E-state index is 11.4. The Bertz CT molecular complexity index is 1380. The third kappa shape index (κ3) is 4.27. The first-order chi connectivity index (χ1) is 13.4. The molecular formula is C16H10N2O9S2-2. The average molecular weight is 438 g/mol. The predicted octanol–water partition coefficient (Wildman–Crippen LogP) is 2.18. The van der Waals surface area contributed by atoms with Crippen molar-refractivity contribution < 1.29 is 41.3 Å². The van der Waals surface area contributed by atoms with Gasteiger partial charge in [0.05, 0.1) is 20.9 Å². The molecule has 0 spiro atoms. The van der Waals surface area contributed by atoms with Crippen LogP contribution in [0.3, 0.4) is 0 Å². The molecule has 0 aromatic heterocycles. The lowest BCUT2D eigenvalue weighted by Crippen LogP contribution is -2.00. The van der Waals surface area contributed by atoms with E-state index in [0.29, 0.717) is 6.07 Å². The van der Waals surface area contributed by atoms with Crippen LogP contribution in [0.1, 0.15) is 0 Å². The van der Waals surface area contributed by atoms with Gasteiger partial charge in [-0.3, -0.25) is 0 Å². The first-order valence-electron chi connectivity index (χ1n) is 7.52. The van der Waals surface area contributed by atoms with E-state index in [0.717, 1.165) is 24.3 Å². The van der Waals surface area contributed by atoms with E-state index >= 15 is 0 Å². The molecule has 0 unspecified atom stereocenters. The molecule has 3 N–H and O–H groups in total. The third-order valence-electron chi connectivity index (χ3n) is 3.76. The molecule has 0 aliphatic carbocycles. The van der Waals surface area contributed by atoms with Crippen LogP contribution >= 0.6 is 0 Å². The van der Waals surface area contributed by atoms with Crippen LogP contribution in [0.15, 0.2) is 62.5 Å². The SMILES string of the molecule is O=S(=O)([O-])c1cc(O)c2c(N=Nc3ccc(O)cc3O)cc(S(=O)(=O)[O-])cc2c1. The normalized spacial score (nSPS) is 12.6. The van der Waals surface area contributed by atoms with Gasteiger partial charge in [-0.15, -0.1) is 10.2 Å². The van der Waals surface area contributed by atoms with Crippen molar-refractivity contribution in [3.05, 3.63) is 42.5 Å². The Balaban J connectivity index is 2.31. The summed E-state index contributed by atoms with van der Waals surface area (Å²) in [5, 5.41) is 36.1. The molecule has 3 rings (SSSR count). The lowest BCUT2D eigenvalue weighted by atomic mass is 10.1. The molecule has 11 nitrogen and oxygen atoms in total. The van der Waals surface area contributed by atoms with Gasteiger partial charge in [-0.05, 0) is 41.8 Å². The Kier molecular flexibility index (Phi) is 4.92. The van der Waals surface area contributed by atoms with Crippen molar-refractivity contribution in [1.29, 1.82) is 0 Å². The highest BCUT2D eigenvalue weighted by atomic mass is 32.2. The summed E-state index contributed by atoms with van der Waals surface area (Å²) in [5.41, 5.74) is -0.485. The highest BCUT2D eigenvalue weighted by molar-refractivity contribution is 7.86. The molecule has 0 amide bonds. The molecule has 0 aliphatic heterocycles. The van der Waals surface area contributed by atoms with E-state index in [4.69, 9.17) is 0 Å². The number of hydrogen-bond donors (Lipinski definition) is 3. The van der Waals surface area contributed by atoms with Gasteiger partial charge in [0.2, 0.25) is 0 Å². The van der Waals surface area contributed by atoms with Crippen LogP contribution in [0.25, 0.3) is 10.8 Å². The van der Waals surface area contributed by atoms with E-state index in [1.54, 1.807) is 0 Å². The van der Waals surface area contributed by atoms with Crippen molar-refractivity contribution >= 4 is 42.4 Å². The summed E-state index contributed by atoms with van der Waals surface area (Å²) in [6, 6.07) is 6.34. The van der Waals surface area contributed by atoms with Gasteiger partial charge in [0.25, 0.3) is 0 Å². The smallest absolute Gasteiger partial charge is 0.146 e. The summed E-state index contributed by atoms with van der Waals surface area (Å²) in [7, 11) is -10.0. The molecule has 0 bridgehead atoms. The number of nitrogens with zero attached hydrogens (tertiary/aromatic N) is 2. The highest BCUT2D eigenvalue weighted by Gasteiger charge is 2.15. The maximum atomic E-state index is 11.4. The molecule has 0 saturated heterocycles. The fourth-order valence-corrected chi connectivity index (χ4v) is 3.54. The second-order valence-corrected chi connectivity index (χ2v) is 8.52. The Labute approximate surface area is 163 Å². The van der Waals surface area contributed by atoms with Crippen LogP contribution in [0.2, 0.25) is 0 Å². The van der Waals surface area contributed by atoms with E-state index in [2.05, 4.69) is 10.2 Å². The first-order valence-corrected chi connectivity index (χ1v) is 10.3. The van der Waals surface area contributed by atoms with Crippen LogP contribution < -0.4 is 0 Å². The molecule has 29 heavy (non-hydrogen) atoms. The van der Waals surface area contributed by atoms with Crippen molar-refractivity contribution in [2.24, 2.45) is 10.2 Å². The number of aromatic hydroxyl groups is 3. The minimum atomic E-state index is -5.02. The zero-order valence-electron chi connectivity index (χ0n) is 14.0. The fraction of sp³-hybridized carbons (Fsp3) is 0. The van der Waals surface area contributed by atoms with Crippen molar-refractivity contribution in [2.75, 3.05) is 0 Å². The third-order valence-corrected chi connectivity index (χ3v) is 5.38. The number of benzene rings is 3. The van der Waals surface area contributed by atoms with Crippen LogP contribution in [0.5, 0.6) is 17.2 Å². The monoisotopic (exact) mass is 438 g/mol. The standard InChI is InChI=1S/C16H12N2O9S2/c19-9-1-2-12(14(20)5-9)17-18-13-6-10(28(22,23)24)3-8-4-11(29(25,26)27)7-15(21)16(8)13/h1-7,19-21H,(H,22,23,24)(H,25,26,27)/p-2. The predicted molar refractivity (Wildman–Crippen MR) is 95.5 cm³/mol. The molecule has 3 aromatic carbocycles. The van der Waals surface area contributed by atoms with E-state index in [1.807, 2.05) is 0 Å². The Morgan fingerprint density at radius 2 is 1.24 bits per heavy atom. The molecular weight excluding hydrogens is 428 g/mol. The van der Waals surface area contributed by atoms with Crippen LogP contribution in [-0.2, 0) is 20.2 Å². The maximum Gasteiger partial charge on any atom is 0.146 e. The molecule has 3 aromatic rings. The minimum Gasteiger partial charge on any atom is -0.744 e. The number of phenolic OH excluding ortho intramolecular Hbond substituents is 3. The van der Waals surface area contributed by atoms with E-state index in [-0.39, 0.29) is 27.9 Å². The summed E-state index contributed by atoms with van der Waals surface area (Å²) in [6.07, 6.45) is 0. The van der Waals surface area contributed by atoms with Gasteiger partial charge in [-0.2, -0.15) is 0 Å². The zero-order valence-corrected chi connectivity index (χ0v) is 15.7. The van der Waals surface area contributed by atoms with Crippen molar-refractivity contribution in [3.8, 4) is 17.2 Å². The zero-order chi connectivity index (χ0) is 21.6. The minimum absolute atomic E-state index is 0.135. The molecule has 0 aliphatic rings. The molecule has 0 fully saturated rings. The van der Waals surface area contributed by atoms with Gasteiger partial charge < -0.3 is 24.4 Å². The Morgan fingerprint density at radius 3 is 1.79 bits per heavy atom. The van der Waals surface area contributed by atoms with Crippen molar-refractivity contribution in [3.63, 3.8) is 0 Å². The van der Waals surface area contributed by atoms with Crippen molar-refractivity contribution in [1.82, 2.24) is 0 Å². The van der Waals surface area contributed by atoms with E-state index in [9.17, 15) is 41.3 Å². The Hall–Kier alpha value is -3.26. The van der Waals surface area contributed by atoms with Gasteiger partial charge >= 0.3 is 0 Å². The lowest BCUT2D eigenvalue weighted by molar-refractivity contribution is 0.451. The summed E-state index contributed by atoms with van der Waals surface area (Å²) in [5.74, 6) is -1.44. The number of hydrogen-bond acceptors (Lipinski definition) is 11. The van der Waals surface area contributed by atoms with Crippen LogP contribution in [0, 0.1) is 0 Å². The summed E-state index contributed by atoms with van der Waals surface area (Å²) in [6.45, 7) is 0. The van der Waals surface area contributed by atoms with Gasteiger partial charge in [-0.25, -0.2) is 16.8 Å². The second kappa shape index (κ2) is 6.97. The summed E-state index contributed by atoms with van der Waals surface area (Å²) >= 11 is 0. The lowest BCUT2D eigenvalue weighted by Gasteiger charge is -2.14. The quantitative estimate of drug-likeness (QED) is 0.403. The molecule has 13 heteroatoms. The first kappa shape index (κ1) is 20.5. The Morgan fingerprint density at radius 1 is 0.690 bits per heavy atom. The average Bonchev–Trinajstić information content (AvgIpc) is 2.58. The molecule has 152 valence electrons. The summed E-state index contributed by atoms with van der Waals surface area (Å²) < 4.78 is 68.0. The van der Waals surface area contributed by atoms with Gasteiger partial charge in [0.1, 0.15) is 43.2 Å². The summed E-state index contributed by atoms with van der Waals surface area (Å²) in [4.78, 5) is -1.66. The van der Waals surface area contributed by atoms with Gasteiger partial charge in [0.15, 0.2) is 0 Å². The largest absolute Gasteiger partial charge is 0.744 e. The molecule has 0 radical (unpaired) electrons. The van der Waals surface area contributed by atoms with Gasteiger partial charge in [-0.1, -0.05) is 0 Å². The van der Waals surface area contributed by atoms with Crippen molar-refractivity contribution in [2.45, 2.75) is 9.79 Å². The van der Waals surface area contributed by atoms with Crippen LogP contribution in [0.4, 0.5) is 11.4 Å². The second-order valence-electron chi connectivity index (χ2n) is 5.76. The number of rotatable bonds is 4. The topological polar surface area (TPSA) is 200 Å². The van der Waals surface area contributed by atoms with E-state index in [1.165, 1.54) is 12.1 Å². The number of azo groups is 1. The molecule has 0 heterocycles. The number of phenols is 3.